The third-order valence-corrected chi connectivity index (χ3v) is 5.38. The van der Waals surface area contributed by atoms with Gasteiger partial charge in [-0.05, 0) is 81.1 Å². The van der Waals surface area contributed by atoms with Crippen LogP contribution in [0, 0.1) is 17.3 Å². The van der Waals surface area contributed by atoms with E-state index >= 15 is 0 Å². The van der Waals surface area contributed by atoms with Crippen LogP contribution in [-0.4, -0.2) is 22.8 Å². The third kappa shape index (κ3) is 4.98. The molecule has 10 heteroatoms. The predicted octanol–water partition coefficient (Wildman–Crippen LogP) is 4.46. The second-order valence-electron chi connectivity index (χ2n) is 5.78. The van der Waals surface area contributed by atoms with Gasteiger partial charge in [-0.25, -0.2) is 9.79 Å². The molecule has 0 amide bonds. The molecule has 0 saturated carbocycles. The zero-order chi connectivity index (χ0) is 21.1. The highest BCUT2D eigenvalue weighted by Gasteiger charge is 2.25. The van der Waals surface area contributed by atoms with E-state index in [1.165, 1.54) is 24.3 Å². The standard InChI is InChI=1S/C19H12I2N2O6/c1-2-16(24)28-17-13(20)7-10(8-14(17)21)9-15-19(25)29-18(22-15)11-3-5-12(6-4-11)23(26)27/h3-9H,2H2,1H3/b15-9-. The summed E-state index contributed by atoms with van der Waals surface area (Å²) in [6.45, 7) is 1.72. The molecule has 1 heterocycles. The summed E-state index contributed by atoms with van der Waals surface area (Å²) in [4.78, 5) is 38.2. The number of carbonyl (C=O) groups is 2. The summed E-state index contributed by atoms with van der Waals surface area (Å²) in [6.07, 6.45) is 1.83. The van der Waals surface area contributed by atoms with E-state index in [-0.39, 0.29) is 29.7 Å². The number of esters is 2. The highest BCUT2D eigenvalue weighted by Crippen LogP contribution is 2.31. The number of nitro benzene ring substituents is 1. The lowest BCUT2D eigenvalue weighted by Crippen LogP contribution is -2.08. The SMILES string of the molecule is CCC(=O)Oc1c(I)cc(/C=C2\N=C(c3ccc([N+](=O)[O-])cc3)OC2=O)cc1I. The molecular weight excluding hydrogens is 606 g/mol. The van der Waals surface area contributed by atoms with Gasteiger partial charge in [-0.2, -0.15) is 0 Å². The molecule has 0 unspecified atom stereocenters. The minimum Gasteiger partial charge on any atom is -0.424 e. The maximum Gasteiger partial charge on any atom is 0.363 e. The average Bonchev–Trinajstić information content (AvgIpc) is 3.05. The first-order valence-corrected chi connectivity index (χ1v) is 10.4. The number of halogens is 2. The number of aliphatic imine (C=N–C) groups is 1. The molecule has 0 atom stereocenters. The Bertz CT molecular complexity index is 1050. The van der Waals surface area contributed by atoms with Gasteiger partial charge >= 0.3 is 11.9 Å². The van der Waals surface area contributed by atoms with Crippen LogP contribution in [0.1, 0.15) is 24.5 Å². The normalized spacial score (nSPS) is 14.5. The topological polar surface area (TPSA) is 108 Å². The maximum absolute atomic E-state index is 12.2. The van der Waals surface area contributed by atoms with Crippen LogP contribution < -0.4 is 4.74 Å². The Morgan fingerprint density at radius 1 is 1.24 bits per heavy atom. The van der Waals surface area contributed by atoms with Crippen molar-refractivity contribution < 1.29 is 24.0 Å². The number of carbonyl (C=O) groups excluding carboxylic acids is 2. The Balaban J connectivity index is 1.89. The number of cyclic esters (lactones) is 1. The number of hydrogen-bond acceptors (Lipinski definition) is 7. The van der Waals surface area contributed by atoms with E-state index < -0.39 is 10.9 Å². The van der Waals surface area contributed by atoms with Gasteiger partial charge in [-0.3, -0.25) is 14.9 Å². The van der Waals surface area contributed by atoms with Gasteiger partial charge in [0.1, 0.15) is 0 Å². The first kappa shape index (κ1) is 21.4. The molecule has 1 aliphatic rings. The number of hydrogen-bond donors (Lipinski definition) is 0. The summed E-state index contributed by atoms with van der Waals surface area (Å²) in [7, 11) is 0. The van der Waals surface area contributed by atoms with E-state index in [2.05, 4.69) is 50.2 Å². The fourth-order valence-corrected chi connectivity index (χ4v) is 4.40. The quantitative estimate of drug-likeness (QED) is 0.122. The van der Waals surface area contributed by atoms with Gasteiger partial charge in [0.15, 0.2) is 11.4 Å². The van der Waals surface area contributed by atoms with Crippen molar-refractivity contribution in [1.82, 2.24) is 0 Å². The predicted molar refractivity (Wildman–Crippen MR) is 122 cm³/mol. The van der Waals surface area contributed by atoms with E-state index in [0.29, 0.717) is 24.0 Å². The third-order valence-electron chi connectivity index (χ3n) is 3.77. The summed E-state index contributed by atoms with van der Waals surface area (Å²) in [5.74, 6) is -0.396. The Kier molecular flexibility index (Phi) is 6.62. The van der Waals surface area contributed by atoms with Gasteiger partial charge in [0, 0.05) is 24.1 Å². The highest BCUT2D eigenvalue weighted by atomic mass is 127. The molecule has 0 N–H and O–H groups in total. The molecular formula is C19H12I2N2O6. The Morgan fingerprint density at radius 3 is 2.41 bits per heavy atom. The highest BCUT2D eigenvalue weighted by molar-refractivity contribution is 14.1. The van der Waals surface area contributed by atoms with Gasteiger partial charge in [0.05, 0.1) is 12.1 Å². The van der Waals surface area contributed by atoms with E-state index in [1.54, 1.807) is 25.1 Å². The molecule has 0 spiro atoms. The largest absolute Gasteiger partial charge is 0.424 e. The molecule has 0 bridgehead atoms. The maximum atomic E-state index is 12.2. The average molecular weight is 618 g/mol. The second-order valence-corrected chi connectivity index (χ2v) is 8.11. The van der Waals surface area contributed by atoms with Gasteiger partial charge in [0.2, 0.25) is 5.90 Å². The van der Waals surface area contributed by atoms with Crippen molar-refractivity contribution in [1.29, 1.82) is 0 Å². The molecule has 8 nitrogen and oxygen atoms in total. The lowest BCUT2D eigenvalue weighted by molar-refractivity contribution is -0.384. The van der Waals surface area contributed by atoms with E-state index in [0.717, 1.165) is 0 Å². The summed E-state index contributed by atoms with van der Waals surface area (Å²) >= 11 is 4.11. The van der Waals surface area contributed by atoms with Crippen molar-refractivity contribution in [3.05, 3.63) is 70.5 Å². The summed E-state index contributed by atoms with van der Waals surface area (Å²) in [5.41, 5.74) is 1.18. The minimum absolute atomic E-state index is 0.0672. The van der Waals surface area contributed by atoms with Crippen LogP contribution in [0.4, 0.5) is 5.69 Å². The van der Waals surface area contributed by atoms with Crippen molar-refractivity contribution in [3.63, 3.8) is 0 Å². The van der Waals surface area contributed by atoms with Gasteiger partial charge in [-0.15, -0.1) is 0 Å². The number of nitro groups is 1. The molecule has 0 saturated heterocycles. The van der Waals surface area contributed by atoms with E-state index in [4.69, 9.17) is 9.47 Å². The Labute approximate surface area is 192 Å². The Hall–Kier alpha value is -2.35. The van der Waals surface area contributed by atoms with Crippen LogP contribution in [0.5, 0.6) is 5.75 Å². The fourth-order valence-electron chi connectivity index (χ4n) is 2.36. The zero-order valence-corrected chi connectivity index (χ0v) is 19.2. The van der Waals surface area contributed by atoms with Gasteiger partial charge in [0.25, 0.3) is 5.69 Å². The van der Waals surface area contributed by atoms with Crippen molar-refractivity contribution >= 4 is 74.8 Å². The first-order chi connectivity index (χ1) is 13.8. The van der Waals surface area contributed by atoms with Crippen molar-refractivity contribution in [3.8, 4) is 5.75 Å². The monoisotopic (exact) mass is 618 g/mol. The van der Waals surface area contributed by atoms with Crippen LogP contribution in [0.2, 0.25) is 0 Å². The summed E-state index contributed by atoms with van der Waals surface area (Å²) < 4.78 is 11.9. The number of ether oxygens (including phenoxy) is 2. The molecule has 29 heavy (non-hydrogen) atoms. The second kappa shape index (κ2) is 8.98. The lowest BCUT2D eigenvalue weighted by atomic mass is 10.2. The van der Waals surface area contributed by atoms with Crippen molar-refractivity contribution in [2.24, 2.45) is 4.99 Å². The van der Waals surface area contributed by atoms with Crippen LogP contribution in [0.15, 0.2) is 47.1 Å². The smallest absolute Gasteiger partial charge is 0.363 e. The fraction of sp³-hybridized carbons (Fsp3) is 0.105. The van der Waals surface area contributed by atoms with Crippen LogP contribution >= 0.6 is 45.2 Å². The van der Waals surface area contributed by atoms with E-state index in [9.17, 15) is 19.7 Å². The molecule has 2 aromatic rings. The minimum atomic E-state index is -0.621. The molecule has 1 aliphatic heterocycles. The molecule has 0 aliphatic carbocycles. The first-order valence-electron chi connectivity index (χ1n) is 8.25. The summed E-state index contributed by atoms with van der Waals surface area (Å²) in [5, 5.41) is 10.7. The molecule has 3 rings (SSSR count). The van der Waals surface area contributed by atoms with E-state index in [1.807, 2.05) is 0 Å². The van der Waals surface area contributed by atoms with Crippen LogP contribution in [0.3, 0.4) is 0 Å². The zero-order valence-electron chi connectivity index (χ0n) is 14.8. The Morgan fingerprint density at radius 2 is 1.86 bits per heavy atom. The number of non-ortho nitro benzene ring substituents is 1. The number of benzene rings is 2. The molecule has 0 fully saturated rings. The molecule has 0 radical (unpaired) electrons. The number of rotatable bonds is 5. The molecule has 2 aromatic carbocycles. The van der Waals surface area contributed by atoms with Crippen LogP contribution in [-0.2, 0) is 14.3 Å². The lowest BCUT2D eigenvalue weighted by Gasteiger charge is -2.09. The molecule has 0 aromatic heterocycles. The summed E-state index contributed by atoms with van der Waals surface area (Å²) in [6, 6.07) is 9.09. The van der Waals surface area contributed by atoms with Gasteiger partial charge < -0.3 is 9.47 Å². The number of nitrogens with zero attached hydrogens (tertiary/aromatic N) is 2. The molecule has 148 valence electrons. The van der Waals surface area contributed by atoms with Crippen molar-refractivity contribution in [2.45, 2.75) is 13.3 Å². The van der Waals surface area contributed by atoms with Crippen molar-refractivity contribution in [2.75, 3.05) is 0 Å². The van der Waals surface area contributed by atoms with Gasteiger partial charge in [-0.1, -0.05) is 6.92 Å². The van der Waals surface area contributed by atoms with Crippen LogP contribution in [0.25, 0.3) is 6.08 Å².